The first-order valence-corrected chi connectivity index (χ1v) is 5.38. The number of nitrogens with one attached hydrogen (secondary N) is 1. The topological polar surface area (TPSA) is 69.6 Å². The number of amides is 1. The second kappa shape index (κ2) is 4.18. The van der Waals surface area contributed by atoms with Crippen molar-refractivity contribution in [2.45, 2.75) is 12.8 Å². The largest absolute Gasteiger partial charge is 0.481 e. The first-order valence-electron chi connectivity index (χ1n) is 5.38. The van der Waals surface area contributed by atoms with E-state index in [1.165, 1.54) is 12.8 Å². The van der Waals surface area contributed by atoms with Gasteiger partial charge in [-0.15, -0.1) is 0 Å². The minimum absolute atomic E-state index is 0.0214. The molecule has 1 amide bonds. The van der Waals surface area contributed by atoms with E-state index in [4.69, 9.17) is 5.11 Å². The summed E-state index contributed by atoms with van der Waals surface area (Å²) in [5, 5.41) is 11.7. The normalized spacial score (nSPS) is 21.2. The summed E-state index contributed by atoms with van der Waals surface area (Å²) in [6, 6.07) is 0. The van der Waals surface area contributed by atoms with Crippen LogP contribution in [0.3, 0.4) is 0 Å². The van der Waals surface area contributed by atoms with Gasteiger partial charge < -0.3 is 15.3 Å². The molecular formula is C10H16N2O3. The molecule has 0 atom stereocenters. The van der Waals surface area contributed by atoms with Gasteiger partial charge in [0, 0.05) is 13.1 Å². The maximum Gasteiger partial charge on any atom is 0.310 e. The van der Waals surface area contributed by atoms with E-state index in [-0.39, 0.29) is 11.8 Å². The van der Waals surface area contributed by atoms with Gasteiger partial charge in [-0.3, -0.25) is 9.59 Å². The molecule has 0 spiro atoms. The van der Waals surface area contributed by atoms with E-state index >= 15 is 0 Å². The third-order valence-electron chi connectivity index (χ3n) is 2.99. The molecule has 1 saturated carbocycles. The van der Waals surface area contributed by atoms with Crippen LogP contribution in [0.2, 0.25) is 0 Å². The van der Waals surface area contributed by atoms with E-state index < -0.39 is 5.97 Å². The molecule has 0 unspecified atom stereocenters. The lowest BCUT2D eigenvalue weighted by Gasteiger charge is -2.36. The van der Waals surface area contributed by atoms with Crippen molar-refractivity contribution in [1.29, 1.82) is 0 Å². The number of hydrogen-bond acceptors (Lipinski definition) is 3. The van der Waals surface area contributed by atoms with Crippen LogP contribution in [0, 0.1) is 11.8 Å². The van der Waals surface area contributed by atoms with Crippen molar-refractivity contribution in [1.82, 2.24) is 10.2 Å². The summed E-state index contributed by atoms with van der Waals surface area (Å²) in [6.45, 7) is 2.02. The summed E-state index contributed by atoms with van der Waals surface area (Å²) in [5.41, 5.74) is 0. The standard InChI is InChI=1S/C10H16N2O3/c13-9(4-11-3-7-1-2-7)12-5-8(6-12)10(14)15/h7-8,11H,1-6H2,(H,14,15). The zero-order valence-corrected chi connectivity index (χ0v) is 8.61. The summed E-state index contributed by atoms with van der Waals surface area (Å²) in [4.78, 5) is 23.6. The van der Waals surface area contributed by atoms with E-state index in [0.29, 0.717) is 19.6 Å². The lowest BCUT2D eigenvalue weighted by Crippen LogP contribution is -2.55. The van der Waals surface area contributed by atoms with Gasteiger partial charge in [-0.05, 0) is 25.3 Å². The molecule has 1 heterocycles. The lowest BCUT2D eigenvalue weighted by atomic mass is 10.0. The predicted octanol–water partition coefficient (Wildman–Crippen LogP) is -0.471. The van der Waals surface area contributed by atoms with Gasteiger partial charge >= 0.3 is 5.97 Å². The minimum Gasteiger partial charge on any atom is -0.481 e. The average molecular weight is 212 g/mol. The monoisotopic (exact) mass is 212 g/mol. The van der Waals surface area contributed by atoms with Crippen LogP contribution < -0.4 is 5.32 Å². The lowest BCUT2D eigenvalue weighted by molar-refractivity contribution is -0.152. The smallest absolute Gasteiger partial charge is 0.310 e. The second-order valence-corrected chi connectivity index (χ2v) is 4.41. The molecular weight excluding hydrogens is 196 g/mol. The van der Waals surface area contributed by atoms with Crippen molar-refractivity contribution >= 4 is 11.9 Å². The Kier molecular flexibility index (Phi) is 2.90. The van der Waals surface area contributed by atoms with Crippen molar-refractivity contribution in [3.8, 4) is 0 Å². The Hall–Kier alpha value is -1.10. The average Bonchev–Trinajstić information content (AvgIpc) is 2.84. The summed E-state index contributed by atoms with van der Waals surface area (Å²) in [7, 11) is 0. The SMILES string of the molecule is O=C(O)C1CN(C(=O)CNCC2CC2)C1. The second-order valence-electron chi connectivity index (χ2n) is 4.41. The van der Waals surface area contributed by atoms with Gasteiger partial charge in [0.15, 0.2) is 0 Å². The van der Waals surface area contributed by atoms with E-state index in [1.807, 2.05) is 0 Å². The van der Waals surface area contributed by atoms with Gasteiger partial charge in [-0.1, -0.05) is 0 Å². The quantitative estimate of drug-likeness (QED) is 0.646. The van der Waals surface area contributed by atoms with Crippen molar-refractivity contribution in [2.24, 2.45) is 11.8 Å². The van der Waals surface area contributed by atoms with Crippen LogP contribution in [-0.4, -0.2) is 48.1 Å². The first kappa shape index (κ1) is 10.4. The Morgan fingerprint density at radius 3 is 2.53 bits per heavy atom. The van der Waals surface area contributed by atoms with Crippen LogP contribution in [0.4, 0.5) is 0 Å². The summed E-state index contributed by atoms with van der Waals surface area (Å²) in [6.07, 6.45) is 2.54. The fraction of sp³-hybridized carbons (Fsp3) is 0.800. The maximum absolute atomic E-state index is 11.5. The molecule has 2 rings (SSSR count). The summed E-state index contributed by atoms with van der Waals surface area (Å²) < 4.78 is 0. The van der Waals surface area contributed by atoms with Crippen LogP contribution in [0.1, 0.15) is 12.8 Å². The highest BCUT2D eigenvalue weighted by Crippen LogP contribution is 2.27. The Bertz CT molecular complexity index is 270. The minimum atomic E-state index is -0.801. The highest BCUT2D eigenvalue weighted by atomic mass is 16.4. The number of carbonyl (C=O) groups excluding carboxylic acids is 1. The van der Waals surface area contributed by atoms with Gasteiger partial charge in [0.1, 0.15) is 0 Å². The first-order chi connectivity index (χ1) is 7.16. The van der Waals surface area contributed by atoms with Gasteiger partial charge in [0.05, 0.1) is 12.5 Å². The number of carbonyl (C=O) groups is 2. The predicted molar refractivity (Wildman–Crippen MR) is 53.3 cm³/mol. The number of rotatable bonds is 5. The molecule has 2 N–H and O–H groups in total. The molecule has 1 aliphatic heterocycles. The number of carboxylic acid groups (broad SMARTS) is 1. The number of likely N-dealkylation sites (tertiary alicyclic amines) is 1. The van der Waals surface area contributed by atoms with Crippen LogP contribution in [0.25, 0.3) is 0 Å². The molecule has 1 saturated heterocycles. The molecule has 0 radical (unpaired) electrons. The van der Waals surface area contributed by atoms with Crippen molar-refractivity contribution in [2.75, 3.05) is 26.2 Å². The number of hydrogen-bond donors (Lipinski definition) is 2. The van der Waals surface area contributed by atoms with E-state index in [1.54, 1.807) is 4.90 Å². The number of aliphatic carboxylic acids is 1. The summed E-state index contributed by atoms with van der Waals surface area (Å²) in [5.74, 6) is -0.364. The fourth-order valence-corrected chi connectivity index (χ4v) is 1.66. The van der Waals surface area contributed by atoms with Crippen molar-refractivity contribution in [3.05, 3.63) is 0 Å². The Morgan fingerprint density at radius 2 is 2.00 bits per heavy atom. The Labute approximate surface area is 88.4 Å². The molecule has 2 fully saturated rings. The van der Waals surface area contributed by atoms with Crippen molar-refractivity contribution in [3.63, 3.8) is 0 Å². The zero-order valence-electron chi connectivity index (χ0n) is 8.61. The van der Waals surface area contributed by atoms with Crippen LogP contribution in [-0.2, 0) is 9.59 Å². The van der Waals surface area contributed by atoms with Gasteiger partial charge in [-0.25, -0.2) is 0 Å². The zero-order chi connectivity index (χ0) is 10.8. The van der Waals surface area contributed by atoms with E-state index in [2.05, 4.69) is 5.32 Å². The highest BCUT2D eigenvalue weighted by molar-refractivity contribution is 5.82. The van der Waals surface area contributed by atoms with Crippen LogP contribution in [0.5, 0.6) is 0 Å². The third kappa shape index (κ3) is 2.68. The Morgan fingerprint density at radius 1 is 1.33 bits per heavy atom. The molecule has 1 aliphatic carbocycles. The van der Waals surface area contributed by atoms with Gasteiger partial charge in [0.25, 0.3) is 0 Å². The molecule has 5 heteroatoms. The number of carboxylic acids is 1. The molecule has 84 valence electrons. The van der Waals surface area contributed by atoms with Crippen LogP contribution in [0.15, 0.2) is 0 Å². The molecule has 2 aliphatic rings. The fourth-order valence-electron chi connectivity index (χ4n) is 1.66. The molecule has 0 bridgehead atoms. The van der Waals surface area contributed by atoms with Crippen LogP contribution >= 0.6 is 0 Å². The van der Waals surface area contributed by atoms with Gasteiger partial charge in [-0.2, -0.15) is 0 Å². The highest BCUT2D eigenvalue weighted by Gasteiger charge is 2.35. The van der Waals surface area contributed by atoms with E-state index in [9.17, 15) is 9.59 Å². The van der Waals surface area contributed by atoms with E-state index in [0.717, 1.165) is 12.5 Å². The molecule has 5 nitrogen and oxygen atoms in total. The summed E-state index contributed by atoms with van der Waals surface area (Å²) >= 11 is 0. The van der Waals surface area contributed by atoms with Gasteiger partial charge in [0.2, 0.25) is 5.91 Å². The Balaban J connectivity index is 1.58. The maximum atomic E-state index is 11.5. The van der Waals surface area contributed by atoms with Crippen molar-refractivity contribution < 1.29 is 14.7 Å². The molecule has 0 aromatic carbocycles. The number of nitrogens with zero attached hydrogens (tertiary/aromatic N) is 1. The molecule has 0 aromatic rings. The molecule has 15 heavy (non-hydrogen) atoms. The third-order valence-corrected chi connectivity index (χ3v) is 2.99. The molecule has 0 aromatic heterocycles.